The van der Waals surface area contributed by atoms with Crippen molar-refractivity contribution < 1.29 is 4.39 Å². The van der Waals surface area contributed by atoms with Crippen LogP contribution in [0.1, 0.15) is 16.7 Å². The molecule has 0 amide bonds. The van der Waals surface area contributed by atoms with E-state index in [2.05, 4.69) is 46.0 Å². The van der Waals surface area contributed by atoms with Gasteiger partial charge < -0.3 is 4.90 Å². The molecule has 1 aliphatic rings. The zero-order valence-electron chi connectivity index (χ0n) is 19.3. The first-order chi connectivity index (χ1) is 16.4. The lowest BCUT2D eigenvalue weighted by atomic mass is 10.1. The van der Waals surface area contributed by atoms with E-state index >= 15 is 0 Å². The Balaban J connectivity index is 1.47. The number of piperazine rings is 1. The van der Waals surface area contributed by atoms with Gasteiger partial charge in [-0.2, -0.15) is 4.98 Å². The van der Waals surface area contributed by atoms with E-state index in [-0.39, 0.29) is 5.82 Å². The van der Waals surface area contributed by atoms with Crippen molar-refractivity contribution in [2.24, 2.45) is 7.05 Å². The van der Waals surface area contributed by atoms with Crippen molar-refractivity contribution >= 4 is 17.1 Å². The molecule has 1 saturated heterocycles. The second kappa shape index (κ2) is 8.90. The minimum atomic E-state index is -0.501. The van der Waals surface area contributed by atoms with Crippen molar-refractivity contribution in [1.82, 2.24) is 24.0 Å². The van der Waals surface area contributed by atoms with E-state index in [0.29, 0.717) is 23.7 Å². The molecule has 5 rings (SSSR count). The molecular formula is C25H27FN6O2. The number of hydrogen-bond donors (Lipinski definition) is 1. The first kappa shape index (κ1) is 22.1. The van der Waals surface area contributed by atoms with E-state index in [1.165, 1.54) is 27.8 Å². The number of imidazole rings is 1. The molecule has 9 heteroatoms. The van der Waals surface area contributed by atoms with Crippen molar-refractivity contribution in [3.63, 3.8) is 0 Å². The number of aromatic nitrogens is 4. The van der Waals surface area contributed by atoms with Crippen LogP contribution >= 0.6 is 0 Å². The van der Waals surface area contributed by atoms with Crippen LogP contribution < -0.4 is 16.1 Å². The molecule has 1 aliphatic heterocycles. The number of hydrogen-bond acceptors (Lipinski definition) is 5. The van der Waals surface area contributed by atoms with Gasteiger partial charge in [-0.05, 0) is 35.7 Å². The molecule has 0 radical (unpaired) electrons. The predicted octanol–water partition coefficient (Wildman–Crippen LogP) is 2.24. The largest absolute Gasteiger partial charge is 0.340 e. The molecule has 0 spiro atoms. The Bertz CT molecular complexity index is 1450. The number of aryl methyl sites for hydroxylation is 2. The molecule has 1 fully saturated rings. The van der Waals surface area contributed by atoms with E-state index in [0.717, 1.165) is 38.3 Å². The Hall–Kier alpha value is -3.72. The van der Waals surface area contributed by atoms with Crippen LogP contribution in [-0.4, -0.2) is 50.2 Å². The van der Waals surface area contributed by atoms with Gasteiger partial charge in [-0.25, -0.2) is 9.18 Å². The monoisotopic (exact) mass is 462 g/mol. The maximum absolute atomic E-state index is 13.4. The van der Waals surface area contributed by atoms with Gasteiger partial charge in [-0.1, -0.05) is 36.4 Å². The number of halogens is 1. The van der Waals surface area contributed by atoms with Gasteiger partial charge >= 0.3 is 5.69 Å². The number of nitrogens with one attached hydrogen (secondary N) is 1. The van der Waals surface area contributed by atoms with Crippen molar-refractivity contribution in [3.05, 3.63) is 91.9 Å². The Morgan fingerprint density at radius 3 is 2.38 bits per heavy atom. The summed E-state index contributed by atoms with van der Waals surface area (Å²) >= 11 is 0. The lowest BCUT2D eigenvalue weighted by molar-refractivity contribution is 0.248. The summed E-state index contributed by atoms with van der Waals surface area (Å²) in [6.45, 7) is 6.55. The summed E-state index contributed by atoms with van der Waals surface area (Å²) in [5.74, 6) is 0.325. The highest BCUT2D eigenvalue weighted by atomic mass is 19.1. The number of benzene rings is 2. The second-order valence-electron chi connectivity index (χ2n) is 8.80. The number of nitrogens with zero attached hydrogens (tertiary/aromatic N) is 5. The Kier molecular flexibility index (Phi) is 5.79. The number of anilines is 1. The highest BCUT2D eigenvalue weighted by Crippen LogP contribution is 2.23. The zero-order valence-corrected chi connectivity index (χ0v) is 19.3. The van der Waals surface area contributed by atoms with Gasteiger partial charge in [0, 0.05) is 39.8 Å². The molecule has 0 atom stereocenters. The summed E-state index contributed by atoms with van der Waals surface area (Å²) in [6, 6.07) is 14.6. The molecule has 0 unspecified atom stereocenters. The van der Waals surface area contributed by atoms with Crippen LogP contribution in [0.3, 0.4) is 0 Å². The molecule has 0 saturated carbocycles. The van der Waals surface area contributed by atoms with E-state index in [9.17, 15) is 14.0 Å². The van der Waals surface area contributed by atoms with Gasteiger partial charge in [0.2, 0.25) is 5.95 Å². The molecule has 0 bridgehead atoms. The average molecular weight is 463 g/mol. The number of H-pyrrole nitrogens is 1. The summed E-state index contributed by atoms with van der Waals surface area (Å²) in [5, 5.41) is 0. The molecule has 3 heterocycles. The molecule has 0 aliphatic carbocycles. The maximum atomic E-state index is 13.4. The van der Waals surface area contributed by atoms with Crippen LogP contribution in [0.4, 0.5) is 10.3 Å². The highest BCUT2D eigenvalue weighted by Gasteiger charge is 2.25. The van der Waals surface area contributed by atoms with Crippen LogP contribution in [0.2, 0.25) is 0 Å². The van der Waals surface area contributed by atoms with Crippen molar-refractivity contribution in [3.8, 4) is 0 Å². The summed E-state index contributed by atoms with van der Waals surface area (Å²) in [5.41, 5.74) is 3.15. The van der Waals surface area contributed by atoms with Gasteiger partial charge in [0.1, 0.15) is 5.82 Å². The second-order valence-corrected chi connectivity index (χ2v) is 8.80. The summed E-state index contributed by atoms with van der Waals surface area (Å²) in [4.78, 5) is 36.6. The van der Waals surface area contributed by atoms with Gasteiger partial charge in [0.25, 0.3) is 5.56 Å². The van der Waals surface area contributed by atoms with Crippen LogP contribution in [0.15, 0.2) is 58.1 Å². The third-order valence-corrected chi connectivity index (χ3v) is 6.55. The summed E-state index contributed by atoms with van der Waals surface area (Å²) in [6.07, 6.45) is 0. The lowest BCUT2D eigenvalue weighted by Gasteiger charge is -2.35. The van der Waals surface area contributed by atoms with Crippen molar-refractivity contribution in [2.45, 2.75) is 20.0 Å². The normalized spacial score (nSPS) is 14.7. The standard InChI is InChI=1S/C25H27FN6O2/c1-17-5-3-4-6-19(17)16-30-11-13-31(14-12-30)24-27-22-21(23(33)28-25(34)29(22)2)32(24)15-18-7-9-20(26)10-8-18/h3-10H,11-16H2,1-2H3,(H,28,33,34). The van der Waals surface area contributed by atoms with E-state index in [4.69, 9.17) is 4.98 Å². The van der Waals surface area contributed by atoms with E-state index in [1.54, 1.807) is 19.2 Å². The topological polar surface area (TPSA) is 79.2 Å². The summed E-state index contributed by atoms with van der Waals surface area (Å²) in [7, 11) is 1.60. The van der Waals surface area contributed by atoms with Gasteiger partial charge in [0.15, 0.2) is 11.2 Å². The van der Waals surface area contributed by atoms with Crippen molar-refractivity contribution in [2.75, 3.05) is 31.1 Å². The Morgan fingerprint density at radius 2 is 1.68 bits per heavy atom. The Labute approximate surface area is 195 Å². The van der Waals surface area contributed by atoms with Crippen LogP contribution in [0, 0.1) is 12.7 Å². The third-order valence-electron chi connectivity index (χ3n) is 6.55. The molecule has 2 aromatic carbocycles. The minimum absolute atomic E-state index is 0.315. The third kappa shape index (κ3) is 4.14. The predicted molar refractivity (Wildman–Crippen MR) is 130 cm³/mol. The summed E-state index contributed by atoms with van der Waals surface area (Å²) < 4.78 is 16.6. The Morgan fingerprint density at radius 1 is 0.971 bits per heavy atom. The van der Waals surface area contributed by atoms with Gasteiger partial charge in [-0.3, -0.25) is 23.8 Å². The van der Waals surface area contributed by atoms with Crippen LogP contribution in [0.5, 0.6) is 0 Å². The van der Waals surface area contributed by atoms with E-state index < -0.39 is 11.2 Å². The molecular weight excluding hydrogens is 435 g/mol. The van der Waals surface area contributed by atoms with E-state index in [1.807, 2.05) is 4.57 Å². The van der Waals surface area contributed by atoms with Gasteiger partial charge in [-0.15, -0.1) is 0 Å². The number of rotatable bonds is 5. The molecule has 1 N–H and O–H groups in total. The maximum Gasteiger partial charge on any atom is 0.329 e. The average Bonchev–Trinajstić information content (AvgIpc) is 3.21. The molecule has 4 aromatic rings. The molecule has 2 aromatic heterocycles. The van der Waals surface area contributed by atoms with Crippen LogP contribution in [-0.2, 0) is 20.1 Å². The fourth-order valence-electron chi connectivity index (χ4n) is 4.52. The zero-order chi connectivity index (χ0) is 23.8. The molecule has 8 nitrogen and oxygen atoms in total. The number of fused-ring (bicyclic) bond motifs is 1. The first-order valence-corrected chi connectivity index (χ1v) is 11.4. The molecule has 34 heavy (non-hydrogen) atoms. The highest BCUT2D eigenvalue weighted by molar-refractivity contribution is 5.74. The van der Waals surface area contributed by atoms with Crippen LogP contribution in [0.25, 0.3) is 11.2 Å². The van der Waals surface area contributed by atoms with Crippen molar-refractivity contribution in [1.29, 1.82) is 0 Å². The number of aromatic amines is 1. The first-order valence-electron chi connectivity index (χ1n) is 11.4. The smallest absolute Gasteiger partial charge is 0.329 e. The minimum Gasteiger partial charge on any atom is -0.340 e. The lowest BCUT2D eigenvalue weighted by Crippen LogP contribution is -2.47. The quantitative estimate of drug-likeness (QED) is 0.492. The molecule has 176 valence electrons. The fraction of sp³-hybridized carbons (Fsp3) is 0.320. The van der Waals surface area contributed by atoms with Gasteiger partial charge in [0.05, 0.1) is 6.54 Å². The fourth-order valence-corrected chi connectivity index (χ4v) is 4.52. The SMILES string of the molecule is Cc1ccccc1CN1CCN(c2nc3c(c(=O)[nH]c(=O)n3C)n2Cc2ccc(F)cc2)CC1.